The van der Waals surface area contributed by atoms with Crippen LogP contribution in [0.4, 0.5) is 8.78 Å². The zero-order valence-electron chi connectivity index (χ0n) is 11.4. The first-order valence-corrected chi connectivity index (χ1v) is 7.24. The Hall–Kier alpha value is -1.75. The molecule has 0 radical (unpaired) electrons. The summed E-state index contributed by atoms with van der Waals surface area (Å²) >= 11 is 3.37. The molecule has 0 bridgehead atoms. The van der Waals surface area contributed by atoms with Gasteiger partial charge < -0.3 is 5.32 Å². The number of hydrogen-bond acceptors (Lipinski definition) is 1. The Balaban J connectivity index is 1.93. The van der Waals surface area contributed by atoms with Crippen LogP contribution in [0.25, 0.3) is 0 Å². The topological polar surface area (TPSA) is 29.1 Å². The molecule has 0 aliphatic rings. The third-order valence-corrected chi connectivity index (χ3v) is 3.91. The van der Waals surface area contributed by atoms with E-state index in [1.54, 1.807) is 12.1 Å². The monoisotopic (exact) mass is 353 g/mol. The smallest absolute Gasteiger partial charge is 0.251 e. The van der Waals surface area contributed by atoms with Gasteiger partial charge in [0.25, 0.3) is 5.91 Å². The highest BCUT2D eigenvalue weighted by molar-refractivity contribution is 9.10. The maximum Gasteiger partial charge on any atom is 0.251 e. The Labute approximate surface area is 130 Å². The second kappa shape index (κ2) is 6.80. The van der Waals surface area contributed by atoms with Crippen LogP contribution in [-0.2, 0) is 6.42 Å². The van der Waals surface area contributed by atoms with Crippen molar-refractivity contribution in [2.24, 2.45) is 0 Å². The highest BCUT2D eigenvalue weighted by Gasteiger charge is 2.07. The van der Waals surface area contributed by atoms with Crippen LogP contribution < -0.4 is 5.32 Å². The number of hydrogen-bond donors (Lipinski definition) is 1. The molecule has 5 heteroatoms. The number of carbonyl (C=O) groups excluding carboxylic acids is 1. The van der Waals surface area contributed by atoms with Crippen molar-refractivity contribution in [1.82, 2.24) is 5.32 Å². The van der Waals surface area contributed by atoms with E-state index in [1.165, 1.54) is 12.1 Å². The number of rotatable bonds is 4. The van der Waals surface area contributed by atoms with Gasteiger partial charge in [-0.05, 0) is 48.7 Å². The number of nitrogens with one attached hydrogen (secondary N) is 1. The second-order valence-electron chi connectivity index (χ2n) is 4.75. The summed E-state index contributed by atoms with van der Waals surface area (Å²) in [5.41, 5.74) is 2.09. The van der Waals surface area contributed by atoms with Gasteiger partial charge in [-0.2, -0.15) is 0 Å². The van der Waals surface area contributed by atoms with Crippen molar-refractivity contribution in [3.8, 4) is 0 Å². The van der Waals surface area contributed by atoms with Crippen LogP contribution in [0, 0.1) is 18.6 Å². The average molecular weight is 354 g/mol. The molecule has 110 valence electrons. The predicted molar refractivity (Wildman–Crippen MR) is 81.3 cm³/mol. The van der Waals surface area contributed by atoms with E-state index in [4.69, 9.17) is 0 Å². The van der Waals surface area contributed by atoms with Gasteiger partial charge in [0.05, 0.1) is 0 Å². The number of halogens is 3. The van der Waals surface area contributed by atoms with Gasteiger partial charge in [-0.25, -0.2) is 8.78 Å². The van der Waals surface area contributed by atoms with Gasteiger partial charge in [-0.3, -0.25) is 4.79 Å². The summed E-state index contributed by atoms with van der Waals surface area (Å²) in [4.78, 5) is 12.0. The molecule has 0 atom stereocenters. The van der Waals surface area contributed by atoms with Crippen LogP contribution in [0.3, 0.4) is 0 Å². The third kappa shape index (κ3) is 4.36. The summed E-state index contributed by atoms with van der Waals surface area (Å²) in [5, 5.41) is 2.73. The van der Waals surface area contributed by atoms with E-state index in [1.807, 2.05) is 13.0 Å². The quantitative estimate of drug-likeness (QED) is 0.883. The average Bonchev–Trinajstić information content (AvgIpc) is 2.40. The van der Waals surface area contributed by atoms with Crippen molar-refractivity contribution in [3.63, 3.8) is 0 Å². The fourth-order valence-electron chi connectivity index (χ4n) is 1.91. The first kappa shape index (κ1) is 15.6. The molecule has 0 spiro atoms. The zero-order chi connectivity index (χ0) is 15.4. The van der Waals surface area contributed by atoms with Crippen molar-refractivity contribution in [1.29, 1.82) is 0 Å². The van der Waals surface area contributed by atoms with Crippen molar-refractivity contribution in [2.75, 3.05) is 6.54 Å². The minimum Gasteiger partial charge on any atom is -0.352 e. The molecule has 2 nitrogen and oxygen atoms in total. The van der Waals surface area contributed by atoms with Crippen molar-refractivity contribution in [2.45, 2.75) is 13.3 Å². The Morgan fingerprint density at radius 2 is 1.81 bits per heavy atom. The van der Waals surface area contributed by atoms with Crippen molar-refractivity contribution >= 4 is 21.8 Å². The van der Waals surface area contributed by atoms with Gasteiger partial charge in [0.15, 0.2) is 0 Å². The molecule has 0 saturated carbocycles. The first-order valence-electron chi connectivity index (χ1n) is 6.45. The first-order chi connectivity index (χ1) is 9.95. The maximum atomic E-state index is 13.0. The molecule has 2 rings (SSSR count). The second-order valence-corrected chi connectivity index (χ2v) is 5.60. The molecule has 2 aromatic rings. The molecule has 0 aliphatic carbocycles. The molecule has 1 N–H and O–H groups in total. The van der Waals surface area contributed by atoms with E-state index in [9.17, 15) is 13.6 Å². The Morgan fingerprint density at radius 1 is 1.14 bits per heavy atom. The van der Waals surface area contributed by atoms with E-state index in [0.717, 1.165) is 16.1 Å². The summed E-state index contributed by atoms with van der Waals surface area (Å²) in [6.07, 6.45) is 0.369. The lowest BCUT2D eigenvalue weighted by Crippen LogP contribution is -2.25. The fraction of sp³-hybridized carbons (Fsp3) is 0.188. The van der Waals surface area contributed by atoms with Gasteiger partial charge in [-0.1, -0.05) is 22.0 Å². The van der Waals surface area contributed by atoms with Gasteiger partial charge in [-0.15, -0.1) is 0 Å². The Bertz CT molecular complexity index is 653. The van der Waals surface area contributed by atoms with Crippen molar-refractivity contribution in [3.05, 3.63) is 69.2 Å². The number of aryl methyl sites for hydroxylation is 1. The van der Waals surface area contributed by atoms with Gasteiger partial charge >= 0.3 is 0 Å². The lowest BCUT2D eigenvalue weighted by Gasteiger charge is -2.07. The van der Waals surface area contributed by atoms with E-state index in [-0.39, 0.29) is 5.91 Å². The van der Waals surface area contributed by atoms with E-state index >= 15 is 0 Å². The number of amides is 1. The van der Waals surface area contributed by atoms with Crippen LogP contribution in [0.15, 0.2) is 40.9 Å². The SMILES string of the molecule is Cc1ccc(C(=O)NCCc2cc(F)cc(F)c2)cc1Br. The Kier molecular flexibility index (Phi) is 5.07. The molecule has 0 aliphatic heterocycles. The van der Waals surface area contributed by atoms with Gasteiger partial charge in [0, 0.05) is 22.6 Å². The highest BCUT2D eigenvalue weighted by Crippen LogP contribution is 2.17. The van der Waals surface area contributed by atoms with Crippen LogP contribution in [0.5, 0.6) is 0 Å². The Morgan fingerprint density at radius 3 is 2.43 bits per heavy atom. The van der Waals surface area contributed by atoms with E-state index in [2.05, 4.69) is 21.2 Å². The molecule has 21 heavy (non-hydrogen) atoms. The molecule has 0 heterocycles. The summed E-state index contributed by atoms with van der Waals surface area (Å²) in [5.74, 6) is -1.44. The third-order valence-electron chi connectivity index (χ3n) is 3.06. The van der Waals surface area contributed by atoms with Crippen LogP contribution in [0.2, 0.25) is 0 Å². The van der Waals surface area contributed by atoms with Crippen molar-refractivity contribution < 1.29 is 13.6 Å². The summed E-state index contributed by atoms with van der Waals surface area (Å²) in [6.45, 7) is 2.25. The highest BCUT2D eigenvalue weighted by atomic mass is 79.9. The minimum absolute atomic E-state index is 0.215. The molecule has 2 aromatic carbocycles. The molecule has 1 amide bonds. The molecule has 0 aromatic heterocycles. The standard InChI is InChI=1S/C16H14BrF2NO/c1-10-2-3-12(8-15(10)17)16(21)20-5-4-11-6-13(18)9-14(19)7-11/h2-3,6-9H,4-5H2,1H3,(H,20,21). The van der Waals surface area contributed by atoms with E-state index in [0.29, 0.717) is 24.1 Å². The van der Waals surface area contributed by atoms with Crippen LogP contribution in [0.1, 0.15) is 21.5 Å². The normalized spacial score (nSPS) is 10.5. The predicted octanol–water partition coefficient (Wildman–Crippen LogP) is 4.01. The van der Waals surface area contributed by atoms with E-state index < -0.39 is 11.6 Å². The minimum atomic E-state index is -0.612. The largest absolute Gasteiger partial charge is 0.352 e. The molecule has 0 fully saturated rings. The maximum absolute atomic E-state index is 13.0. The summed E-state index contributed by atoms with van der Waals surface area (Å²) in [7, 11) is 0. The molecular formula is C16H14BrF2NO. The summed E-state index contributed by atoms with van der Waals surface area (Å²) in [6, 6.07) is 8.67. The van der Waals surface area contributed by atoms with Crippen LogP contribution in [-0.4, -0.2) is 12.5 Å². The lowest BCUT2D eigenvalue weighted by molar-refractivity contribution is 0.0954. The molecule has 0 unspecified atom stereocenters. The molecular weight excluding hydrogens is 340 g/mol. The van der Waals surface area contributed by atoms with Gasteiger partial charge in [0.1, 0.15) is 11.6 Å². The molecule has 0 saturated heterocycles. The number of benzene rings is 2. The summed E-state index contributed by atoms with van der Waals surface area (Å²) < 4.78 is 26.9. The lowest BCUT2D eigenvalue weighted by atomic mass is 10.1. The zero-order valence-corrected chi connectivity index (χ0v) is 13.0. The fourth-order valence-corrected chi connectivity index (χ4v) is 2.29. The van der Waals surface area contributed by atoms with Crippen LogP contribution >= 0.6 is 15.9 Å². The number of carbonyl (C=O) groups is 1. The van der Waals surface area contributed by atoms with Gasteiger partial charge in [0.2, 0.25) is 0 Å².